The molecule has 2 N–H and O–H groups in total. The Balaban J connectivity index is 1.75. The molecule has 0 bridgehead atoms. The van der Waals surface area contributed by atoms with Gasteiger partial charge in [-0.25, -0.2) is 17.1 Å². The highest BCUT2D eigenvalue weighted by Crippen LogP contribution is 2.21. The minimum atomic E-state index is -4.02. The molecule has 0 spiro atoms. The number of amides is 2. The van der Waals surface area contributed by atoms with Crippen LogP contribution in [-0.2, 0) is 10.0 Å². The molecule has 1 fully saturated rings. The van der Waals surface area contributed by atoms with Crippen molar-refractivity contribution in [2.75, 3.05) is 19.4 Å². The second kappa shape index (κ2) is 7.69. The van der Waals surface area contributed by atoms with Gasteiger partial charge in [-0.1, -0.05) is 0 Å². The van der Waals surface area contributed by atoms with E-state index in [2.05, 4.69) is 10.6 Å². The highest BCUT2D eigenvalue weighted by atomic mass is 32.2. The van der Waals surface area contributed by atoms with E-state index in [9.17, 15) is 22.4 Å². The molecule has 0 unspecified atom stereocenters. The lowest BCUT2D eigenvalue weighted by Crippen LogP contribution is -2.25. The first-order chi connectivity index (χ1) is 13.2. The van der Waals surface area contributed by atoms with E-state index in [0.29, 0.717) is 11.3 Å². The van der Waals surface area contributed by atoms with Crippen LogP contribution in [0.15, 0.2) is 47.4 Å². The van der Waals surface area contributed by atoms with Crippen LogP contribution < -0.4 is 10.6 Å². The molecule has 1 aliphatic rings. The van der Waals surface area contributed by atoms with E-state index < -0.39 is 26.6 Å². The zero-order valence-electron chi connectivity index (χ0n) is 15.4. The first-order valence-corrected chi connectivity index (χ1v) is 10.1. The molecule has 2 amide bonds. The van der Waals surface area contributed by atoms with E-state index in [0.717, 1.165) is 29.3 Å². The second-order valence-electron chi connectivity index (χ2n) is 6.71. The lowest BCUT2D eigenvalue weighted by atomic mass is 10.1. The summed E-state index contributed by atoms with van der Waals surface area (Å²) >= 11 is 0. The van der Waals surface area contributed by atoms with Gasteiger partial charge in [0.1, 0.15) is 10.7 Å². The van der Waals surface area contributed by atoms with Gasteiger partial charge < -0.3 is 10.6 Å². The van der Waals surface area contributed by atoms with Gasteiger partial charge in [0.05, 0.1) is 0 Å². The first-order valence-electron chi connectivity index (χ1n) is 8.63. The third-order valence-corrected chi connectivity index (χ3v) is 6.10. The largest absolute Gasteiger partial charge is 0.349 e. The Morgan fingerprint density at radius 2 is 1.61 bits per heavy atom. The van der Waals surface area contributed by atoms with Gasteiger partial charge in [-0.3, -0.25) is 9.59 Å². The zero-order valence-corrected chi connectivity index (χ0v) is 16.2. The average Bonchev–Trinajstić information content (AvgIpc) is 3.46. The van der Waals surface area contributed by atoms with Crippen LogP contribution >= 0.6 is 0 Å². The minimum Gasteiger partial charge on any atom is -0.349 e. The minimum absolute atomic E-state index is 0.00243. The number of halogens is 1. The summed E-state index contributed by atoms with van der Waals surface area (Å²) in [6.07, 6.45) is 1.98. The van der Waals surface area contributed by atoms with Crippen LogP contribution in [0.2, 0.25) is 0 Å². The van der Waals surface area contributed by atoms with Crippen LogP contribution in [0, 0.1) is 5.82 Å². The first kappa shape index (κ1) is 20.0. The summed E-state index contributed by atoms with van der Waals surface area (Å²) in [5.41, 5.74) is 0.901. The van der Waals surface area contributed by atoms with E-state index in [1.54, 1.807) is 24.3 Å². The maximum absolute atomic E-state index is 14.0. The van der Waals surface area contributed by atoms with Crippen LogP contribution in [-0.4, -0.2) is 44.7 Å². The van der Waals surface area contributed by atoms with Crippen molar-refractivity contribution in [2.45, 2.75) is 23.8 Å². The molecule has 28 heavy (non-hydrogen) atoms. The van der Waals surface area contributed by atoms with Crippen molar-refractivity contribution in [3.8, 4) is 0 Å². The maximum Gasteiger partial charge on any atom is 0.255 e. The monoisotopic (exact) mass is 405 g/mol. The molecule has 0 saturated heterocycles. The Hall–Kier alpha value is -2.78. The standard InChI is InChI=1S/C19H20FN3O4S/c1-23(2)28(26,27)17-11-13(5-10-16(17)20)19(25)22-14-6-3-12(4-7-14)18(24)21-15-8-9-15/h3-7,10-11,15H,8-9H2,1-2H3,(H,21,24)(H,22,25). The van der Waals surface area contributed by atoms with Crippen molar-refractivity contribution in [2.24, 2.45) is 0 Å². The van der Waals surface area contributed by atoms with Gasteiger partial charge in [0.25, 0.3) is 11.8 Å². The topological polar surface area (TPSA) is 95.6 Å². The summed E-state index contributed by atoms with van der Waals surface area (Å²) in [5, 5.41) is 5.47. The van der Waals surface area contributed by atoms with E-state index in [-0.39, 0.29) is 17.5 Å². The van der Waals surface area contributed by atoms with Crippen LogP contribution in [0.5, 0.6) is 0 Å². The molecule has 1 saturated carbocycles. The number of anilines is 1. The Morgan fingerprint density at radius 3 is 2.18 bits per heavy atom. The maximum atomic E-state index is 14.0. The number of carbonyl (C=O) groups excluding carboxylic acids is 2. The SMILES string of the molecule is CN(C)S(=O)(=O)c1cc(C(=O)Nc2ccc(C(=O)NC3CC3)cc2)ccc1F. The highest BCUT2D eigenvalue weighted by molar-refractivity contribution is 7.89. The molecule has 2 aromatic rings. The van der Waals surface area contributed by atoms with Crippen LogP contribution in [0.1, 0.15) is 33.6 Å². The summed E-state index contributed by atoms with van der Waals surface area (Å²) < 4.78 is 39.2. The fourth-order valence-electron chi connectivity index (χ4n) is 2.44. The van der Waals surface area contributed by atoms with Crippen molar-refractivity contribution >= 4 is 27.5 Å². The van der Waals surface area contributed by atoms with Gasteiger partial charge in [0, 0.05) is 37.0 Å². The smallest absolute Gasteiger partial charge is 0.255 e. The molecule has 9 heteroatoms. The third kappa shape index (κ3) is 4.37. The number of hydrogen-bond acceptors (Lipinski definition) is 4. The van der Waals surface area contributed by atoms with Crippen molar-refractivity contribution < 1.29 is 22.4 Å². The third-order valence-electron chi connectivity index (χ3n) is 4.27. The van der Waals surface area contributed by atoms with Crippen LogP contribution in [0.25, 0.3) is 0 Å². The van der Waals surface area contributed by atoms with Gasteiger partial charge in [-0.2, -0.15) is 0 Å². The average molecular weight is 405 g/mol. The second-order valence-corrected chi connectivity index (χ2v) is 8.83. The Kier molecular flexibility index (Phi) is 5.48. The van der Waals surface area contributed by atoms with Crippen LogP contribution in [0.4, 0.5) is 10.1 Å². The molecule has 0 heterocycles. The van der Waals surface area contributed by atoms with Gasteiger partial charge in [0.2, 0.25) is 10.0 Å². The molecule has 2 aromatic carbocycles. The molecule has 0 aliphatic heterocycles. The van der Waals surface area contributed by atoms with Crippen molar-refractivity contribution in [1.29, 1.82) is 0 Å². The van der Waals surface area contributed by atoms with E-state index in [1.165, 1.54) is 20.2 Å². The molecule has 0 atom stereocenters. The Morgan fingerprint density at radius 1 is 1.00 bits per heavy atom. The summed E-state index contributed by atoms with van der Waals surface area (Å²) in [6.45, 7) is 0. The summed E-state index contributed by atoms with van der Waals surface area (Å²) in [6, 6.07) is 9.70. The summed E-state index contributed by atoms with van der Waals surface area (Å²) in [7, 11) is -1.46. The lowest BCUT2D eigenvalue weighted by Gasteiger charge is -2.13. The van der Waals surface area contributed by atoms with Crippen molar-refractivity contribution in [3.63, 3.8) is 0 Å². The molecule has 1 aliphatic carbocycles. The van der Waals surface area contributed by atoms with E-state index in [4.69, 9.17) is 0 Å². The fraction of sp³-hybridized carbons (Fsp3) is 0.263. The van der Waals surface area contributed by atoms with Crippen LogP contribution in [0.3, 0.4) is 0 Å². The summed E-state index contributed by atoms with van der Waals surface area (Å²) in [4.78, 5) is 23.8. The highest BCUT2D eigenvalue weighted by Gasteiger charge is 2.24. The summed E-state index contributed by atoms with van der Waals surface area (Å²) in [5.74, 6) is -1.70. The number of hydrogen-bond donors (Lipinski definition) is 2. The Bertz CT molecular complexity index is 1020. The van der Waals surface area contributed by atoms with Crippen molar-refractivity contribution in [1.82, 2.24) is 9.62 Å². The lowest BCUT2D eigenvalue weighted by molar-refractivity contribution is 0.0950. The number of nitrogens with one attached hydrogen (secondary N) is 2. The fourth-order valence-corrected chi connectivity index (χ4v) is 3.43. The number of benzene rings is 2. The van der Waals surface area contributed by atoms with Crippen molar-refractivity contribution in [3.05, 3.63) is 59.4 Å². The number of nitrogens with zero attached hydrogens (tertiary/aromatic N) is 1. The quantitative estimate of drug-likeness (QED) is 0.770. The van der Waals surface area contributed by atoms with E-state index in [1.807, 2.05) is 0 Å². The molecule has 148 valence electrons. The molecule has 7 nitrogen and oxygen atoms in total. The predicted octanol–water partition coefficient (Wildman–Crippen LogP) is 2.22. The molecule has 0 radical (unpaired) electrons. The molecule has 0 aromatic heterocycles. The molecule has 3 rings (SSSR count). The zero-order chi connectivity index (χ0) is 20.5. The van der Waals surface area contributed by atoms with Gasteiger partial charge in [0.15, 0.2) is 0 Å². The number of rotatable bonds is 6. The van der Waals surface area contributed by atoms with Gasteiger partial charge in [-0.05, 0) is 55.3 Å². The van der Waals surface area contributed by atoms with Gasteiger partial charge in [-0.15, -0.1) is 0 Å². The Labute approximate surface area is 162 Å². The predicted molar refractivity (Wildman–Crippen MR) is 102 cm³/mol. The molecular formula is C19H20FN3O4S. The van der Waals surface area contributed by atoms with Gasteiger partial charge >= 0.3 is 0 Å². The number of sulfonamides is 1. The van der Waals surface area contributed by atoms with E-state index >= 15 is 0 Å². The number of carbonyl (C=O) groups is 2. The molecular weight excluding hydrogens is 385 g/mol. The normalized spacial score (nSPS) is 14.0.